The largest absolute Gasteiger partial charge is 0.490 e. The van der Waals surface area contributed by atoms with Gasteiger partial charge in [-0.2, -0.15) is 0 Å². The summed E-state index contributed by atoms with van der Waals surface area (Å²) in [5, 5.41) is 13.2. The number of carbonyl (C=O) groups excluding carboxylic acids is 1. The number of nitro benzene ring substituents is 1. The van der Waals surface area contributed by atoms with Gasteiger partial charge < -0.3 is 10.1 Å². The van der Waals surface area contributed by atoms with Gasteiger partial charge in [0.25, 0.3) is 0 Å². The second-order valence-electron chi connectivity index (χ2n) is 3.21. The van der Waals surface area contributed by atoms with E-state index in [2.05, 4.69) is 5.32 Å². The van der Waals surface area contributed by atoms with Gasteiger partial charge in [0.2, 0.25) is 6.41 Å². The molecule has 0 radical (unpaired) electrons. The zero-order chi connectivity index (χ0) is 12.1. The molecular formula is C10H12N2O4. The molecule has 0 saturated heterocycles. The van der Waals surface area contributed by atoms with Crippen molar-refractivity contribution in [2.45, 2.75) is 13.5 Å². The van der Waals surface area contributed by atoms with Crippen LogP contribution in [0.15, 0.2) is 12.1 Å². The van der Waals surface area contributed by atoms with Crippen LogP contribution in [0.1, 0.15) is 11.1 Å². The fourth-order valence-electron chi connectivity index (χ4n) is 1.36. The standard InChI is InChI=1S/C10H12N2O4/c1-7-3-9(12(14)15)10(16-2)4-8(7)5-11-6-13/h3-4,6H,5H2,1-2H3,(H,11,13). The maximum absolute atomic E-state index is 10.7. The Labute approximate surface area is 92.4 Å². The number of methoxy groups -OCH3 is 1. The number of hydrogen-bond acceptors (Lipinski definition) is 4. The Bertz CT molecular complexity index is 418. The van der Waals surface area contributed by atoms with Crippen molar-refractivity contribution in [2.24, 2.45) is 0 Å². The molecule has 1 aromatic rings. The fourth-order valence-corrected chi connectivity index (χ4v) is 1.36. The average Bonchev–Trinajstić information content (AvgIpc) is 2.26. The summed E-state index contributed by atoms with van der Waals surface area (Å²) in [6.07, 6.45) is 0.577. The molecule has 1 N–H and O–H groups in total. The lowest BCUT2D eigenvalue weighted by molar-refractivity contribution is -0.385. The van der Waals surface area contributed by atoms with E-state index in [9.17, 15) is 14.9 Å². The second-order valence-corrected chi connectivity index (χ2v) is 3.21. The Kier molecular flexibility index (Phi) is 3.82. The van der Waals surface area contributed by atoms with Crippen molar-refractivity contribution in [1.82, 2.24) is 5.32 Å². The Hall–Kier alpha value is -2.11. The fraction of sp³-hybridized carbons (Fsp3) is 0.300. The van der Waals surface area contributed by atoms with Gasteiger partial charge in [-0.1, -0.05) is 0 Å². The summed E-state index contributed by atoms with van der Waals surface area (Å²) >= 11 is 0. The molecule has 1 amide bonds. The lowest BCUT2D eigenvalue weighted by atomic mass is 10.1. The van der Waals surface area contributed by atoms with Crippen molar-refractivity contribution >= 4 is 12.1 Å². The first-order valence-corrected chi connectivity index (χ1v) is 4.59. The number of nitrogens with one attached hydrogen (secondary N) is 1. The van der Waals surface area contributed by atoms with E-state index in [4.69, 9.17) is 4.74 Å². The summed E-state index contributed by atoms with van der Waals surface area (Å²) < 4.78 is 4.92. The van der Waals surface area contributed by atoms with Crippen molar-refractivity contribution in [3.8, 4) is 5.75 Å². The molecule has 0 aliphatic rings. The SMILES string of the molecule is COc1cc(CNC=O)c(C)cc1[N+](=O)[O-]. The lowest BCUT2D eigenvalue weighted by Gasteiger charge is -2.08. The highest BCUT2D eigenvalue weighted by Crippen LogP contribution is 2.29. The van der Waals surface area contributed by atoms with Crippen molar-refractivity contribution in [2.75, 3.05) is 7.11 Å². The number of carbonyl (C=O) groups is 1. The molecule has 0 bridgehead atoms. The third kappa shape index (κ3) is 2.47. The van der Waals surface area contributed by atoms with Gasteiger partial charge in [-0.3, -0.25) is 14.9 Å². The molecule has 0 unspecified atom stereocenters. The average molecular weight is 224 g/mol. The summed E-state index contributed by atoms with van der Waals surface area (Å²) in [6.45, 7) is 2.07. The Morgan fingerprint density at radius 2 is 2.25 bits per heavy atom. The van der Waals surface area contributed by atoms with Crippen LogP contribution in [0.3, 0.4) is 0 Å². The number of nitro groups is 1. The Morgan fingerprint density at radius 1 is 1.56 bits per heavy atom. The zero-order valence-electron chi connectivity index (χ0n) is 9.02. The van der Waals surface area contributed by atoms with Crippen molar-refractivity contribution in [3.63, 3.8) is 0 Å². The van der Waals surface area contributed by atoms with E-state index < -0.39 is 4.92 Å². The minimum absolute atomic E-state index is 0.0742. The Morgan fingerprint density at radius 3 is 2.75 bits per heavy atom. The van der Waals surface area contributed by atoms with Gasteiger partial charge in [0, 0.05) is 12.6 Å². The quantitative estimate of drug-likeness (QED) is 0.462. The van der Waals surface area contributed by atoms with Crippen LogP contribution >= 0.6 is 0 Å². The zero-order valence-corrected chi connectivity index (χ0v) is 9.02. The highest BCUT2D eigenvalue weighted by Gasteiger charge is 2.16. The molecule has 0 heterocycles. The number of benzene rings is 1. The number of aryl methyl sites for hydroxylation is 1. The van der Waals surface area contributed by atoms with Gasteiger partial charge in [0.15, 0.2) is 5.75 Å². The van der Waals surface area contributed by atoms with Crippen LogP contribution in [0, 0.1) is 17.0 Å². The number of rotatable bonds is 5. The predicted octanol–water partition coefficient (Wildman–Crippen LogP) is 1.16. The van der Waals surface area contributed by atoms with Gasteiger partial charge in [-0.15, -0.1) is 0 Å². The minimum Gasteiger partial charge on any atom is -0.490 e. The molecule has 0 atom stereocenters. The highest BCUT2D eigenvalue weighted by atomic mass is 16.6. The van der Waals surface area contributed by atoms with Gasteiger partial charge >= 0.3 is 5.69 Å². The first-order valence-electron chi connectivity index (χ1n) is 4.59. The number of hydrogen-bond donors (Lipinski definition) is 1. The molecule has 0 aliphatic heterocycles. The number of amides is 1. The molecule has 16 heavy (non-hydrogen) atoms. The van der Waals surface area contributed by atoms with Crippen LogP contribution in [0.4, 0.5) is 5.69 Å². The van der Waals surface area contributed by atoms with Crippen LogP contribution in [-0.2, 0) is 11.3 Å². The molecule has 86 valence electrons. The Balaban J connectivity index is 3.14. The smallest absolute Gasteiger partial charge is 0.311 e. The summed E-state index contributed by atoms with van der Waals surface area (Å²) in [4.78, 5) is 20.4. The normalized spacial score (nSPS) is 9.62. The van der Waals surface area contributed by atoms with Crippen LogP contribution in [0.5, 0.6) is 5.75 Å². The molecule has 6 heteroatoms. The number of nitrogens with zero attached hydrogens (tertiary/aromatic N) is 1. The van der Waals surface area contributed by atoms with Gasteiger partial charge in [-0.25, -0.2) is 0 Å². The van der Waals surface area contributed by atoms with E-state index in [1.807, 2.05) is 0 Å². The minimum atomic E-state index is -0.497. The molecule has 1 aromatic carbocycles. The molecule has 1 rings (SSSR count). The van der Waals surface area contributed by atoms with E-state index in [1.165, 1.54) is 13.2 Å². The molecule has 0 aliphatic carbocycles. The summed E-state index contributed by atoms with van der Waals surface area (Å²) in [5.41, 5.74) is 1.45. The van der Waals surface area contributed by atoms with Gasteiger partial charge in [0.1, 0.15) is 0 Å². The van der Waals surface area contributed by atoms with E-state index in [1.54, 1.807) is 13.0 Å². The molecule has 0 saturated carbocycles. The number of ether oxygens (including phenoxy) is 1. The van der Waals surface area contributed by atoms with E-state index in [-0.39, 0.29) is 11.4 Å². The lowest BCUT2D eigenvalue weighted by Crippen LogP contribution is -2.11. The first-order chi connectivity index (χ1) is 7.60. The molecule has 0 spiro atoms. The molecule has 6 nitrogen and oxygen atoms in total. The molecule has 0 fully saturated rings. The van der Waals surface area contributed by atoms with Gasteiger partial charge in [-0.05, 0) is 24.1 Å². The van der Waals surface area contributed by atoms with E-state index in [0.717, 1.165) is 11.1 Å². The highest BCUT2D eigenvalue weighted by molar-refractivity contribution is 5.53. The maximum Gasteiger partial charge on any atom is 0.311 e. The van der Waals surface area contributed by atoms with Gasteiger partial charge in [0.05, 0.1) is 12.0 Å². The summed E-state index contributed by atoms with van der Waals surface area (Å²) in [7, 11) is 1.37. The summed E-state index contributed by atoms with van der Waals surface area (Å²) in [5.74, 6) is 0.193. The van der Waals surface area contributed by atoms with Crippen LogP contribution in [0.25, 0.3) is 0 Å². The topological polar surface area (TPSA) is 81.5 Å². The predicted molar refractivity (Wildman–Crippen MR) is 57.3 cm³/mol. The molecule has 0 aromatic heterocycles. The molecular weight excluding hydrogens is 212 g/mol. The van der Waals surface area contributed by atoms with E-state index in [0.29, 0.717) is 13.0 Å². The monoisotopic (exact) mass is 224 g/mol. The van der Waals surface area contributed by atoms with Crippen LogP contribution in [0.2, 0.25) is 0 Å². The van der Waals surface area contributed by atoms with E-state index >= 15 is 0 Å². The maximum atomic E-state index is 10.7. The third-order valence-electron chi connectivity index (χ3n) is 2.21. The van der Waals surface area contributed by atoms with Crippen molar-refractivity contribution < 1.29 is 14.5 Å². The van der Waals surface area contributed by atoms with Crippen molar-refractivity contribution in [1.29, 1.82) is 0 Å². The summed E-state index contributed by atoms with van der Waals surface area (Å²) in [6, 6.07) is 2.99. The van der Waals surface area contributed by atoms with Crippen LogP contribution < -0.4 is 10.1 Å². The third-order valence-corrected chi connectivity index (χ3v) is 2.21. The van der Waals surface area contributed by atoms with Crippen molar-refractivity contribution in [3.05, 3.63) is 33.4 Å². The second kappa shape index (κ2) is 5.11. The first kappa shape index (κ1) is 12.0. The van der Waals surface area contributed by atoms with Crippen LogP contribution in [-0.4, -0.2) is 18.4 Å².